The van der Waals surface area contributed by atoms with Crippen LogP contribution in [0.4, 0.5) is 13.2 Å². The first-order valence-corrected chi connectivity index (χ1v) is 11.2. The van der Waals surface area contributed by atoms with Gasteiger partial charge in [-0.25, -0.2) is 0 Å². The molecule has 1 N–H and O–H groups in total. The highest BCUT2D eigenvalue weighted by Crippen LogP contribution is 2.49. The maximum Gasteiger partial charge on any atom is 0.416 e. The topological polar surface area (TPSA) is 23.5 Å². The monoisotopic (exact) mass is 431 g/mol. The van der Waals surface area contributed by atoms with Crippen molar-refractivity contribution in [1.29, 1.82) is 0 Å². The Balaban J connectivity index is 1.34. The highest BCUT2D eigenvalue weighted by molar-refractivity contribution is 5.32. The van der Waals surface area contributed by atoms with Crippen LogP contribution in [0.25, 0.3) is 0 Å². The van der Waals surface area contributed by atoms with Crippen LogP contribution in [0.3, 0.4) is 0 Å². The third-order valence-electron chi connectivity index (χ3n) is 7.11. The van der Waals surface area contributed by atoms with Crippen molar-refractivity contribution in [3.05, 3.63) is 70.8 Å². The number of likely N-dealkylation sites (tertiary alicyclic amines) is 1. The van der Waals surface area contributed by atoms with E-state index >= 15 is 0 Å². The average molecular weight is 432 g/mol. The molecule has 168 valence electrons. The Kier molecular flexibility index (Phi) is 5.72. The molecule has 0 bridgehead atoms. The predicted molar refractivity (Wildman–Crippen MR) is 117 cm³/mol. The number of benzene rings is 2. The van der Waals surface area contributed by atoms with Crippen LogP contribution in [-0.2, 0) is 23.6 Å². The summed E-state index contributed by atoms with van der Waals surface area (Å²) in [4.78, 5) is 2.35. The SMILES string of the molecule is CC(C)(C)c1ccc(C2(O)C[C@H]3CN(CCc4cccc(C(F)(F)F)c4)C[C@H]3C2)cc1. The molecule has 0 radical (unpaired) electrons. The fraction of sp³-hybridized carbons (Fsp3) is 0.538. The van der Waals surface area contributed by atoms with Crippen LogP contribution in [0.5, 0.6) is 0 Å². The summed E-state index contributed by atoms with van der Waals surface area (Å²) in [6, 6.07) is 14.1. The molecule has 4 rings (SSSR count). The second-order valence-corrected chi connectivity index (χ2v) is 10.5. The third-order valence-corrected chi connectivity index (χ3v) is 7.11. The minimum atomic E-state index is -4.30. The van der Waals surface area contributed by atoms with Crippen LogP contribution < -0.4 is 0 Å². The largest absolute Gasteiger partial charge is 0.416 e. The van der Waals surface area contributed by atoms with E-state index in [1.165, 1.54) is 17.7 Å². The van der Waals surface area contributed by atoms with Gasteiger partial charge in [0.2, 0.25) is 0 Å². The first-order valence-electron chi connectivity index (χ1n) is 11.2. The number of aliphatic hydroxyl groups is 1. The van der Waals surface area contributed by atoms with Crippen molar-refractivity contribution in [3.8, 4) is 0 Å². The van der Waals surface area contributed by atoms with E-state index in [2.05, 4.69) is 49.9 Å². The van der Waals surface area contributed by atoms with E-state index in [9.17, 15) is 18.3 Å². The second kappa shape index (κ2) is 7.93. The van der Waals surface area contributed by atoms with Crippen molar-refractivity contribution in [2.75, 3.05) is 19.6 Å². The van der Waals surface area contributed by atoms with Crippen molar-refractivity contribution in [2.45, 2.75) is 57.2 Å². The molecule has 1 unspecified atom stereocenters. The fourth-order valence-corrected chi connectivity index (χ4v) is 5.34. The lowest BCUT2D eigenvalue weighted by Crippen LogP contribution is -2.29. The Labute approximate surface area is 183 Å². The van der Waals surface area contributed by atoms with Crippen molar-refractivity contribution >= 4 is 0 Å². The molecule has 0 aromatic heterocycles. The summed E-state index contributed by atoms with van der Waals surface area (Å²) in [5.41, 5.74) is 1.74. The molecular formula is C26H32F3NO. The van der Waals surface area contributed by atoms with Crippen molar-refractivity contribution in [1.82, 2.24) is 4.90 Å². The van der Waals surface area contributed by atoms with Gasteiger partial charge in [0.15, 0.2) is 0 Å². The highest BCUT2D eigenvalue weighted by Gasteiger charge is 2.48. The number of halogens is 3. The molecule has 1 aliphatic carbocycles. The summed E-state index contributed by atoms with van der Waals surface area (Å²) in [6.07, 6.45) is -2.17. The van der Waals surface area contributed by atoms with Crippen LogP contribution in [0.2, 0.25) is 0 Å². The van der Waals surface area contributed by atoms with Crippen LogP contribution in [0.15, 0.2) is 48.5 Å². The Morgan fingerprint density at radius 3 is 2.10 bits per heavy atom. The molecule has 0 amide bonds. The van der Waals surface area contributed by atoms with Crippen LogP contribution in [0.1, 0.15) is 55.9 Å². The minimum Gasteiger partial charge on any atom is -0.385 e. The van der Waals surface area contributed by atoms with Gasteiger partial charge in [-0.05, 0) is 59.3 Å². The Morgan fingerprint density at radius 1 is 0.935 bits per heavy atom. The van der Waals surface area contributed by atoms with E-state index < -0.39 is 17.3 Å². The zero-order chi connectivity index (χ0) is 22.4. The van der Waals surface area contributed by atoms with Gasteiger partial charge in [-0.2, -0.15) is 13.2 Å². The standard InChI is InChI=1S/C26H32F3NO/c1-24(2,3)21-7-9-22(10-8-21)25(31)14-19-16-30(17-20(19)15-25)12-11-18-5-4-6-23(13-18)26(27,28)29/h4-10,13,19-20,31H,11-12,14-17H2,1-3H3/t19-,20+,25?. The number of fused-ring (bicyclic) bond motifs is 1. The maximum atomic E-state index is 12.9. The summed E-state index contributed by atoms with van der Waals surface area (Å²) < 4.78 is 38.8. The zero-order valence-electron chi connectivity index (χ0n) is 18.5. The molecular weight excluding hydrogens is 399 g/mol. The van der Waals surface area contributed by atoms with Gasteiger partial charge in [-0.3, -0.25) is 0 Å². The first-order chi connectivity index (χ1) is 14.4. The third kappa shape index (κ3) is 4.83. The fourth-order valence-electron chi connectivity index (χ4n) is 5.34. The molecule has 2 aliphatic rings. The Bertz CT molecular complexity index is 899. The van der Waals surface area contributed by atoms with Gasteiger partial charge >= 0.3 is 6.18 Å². The lowest BCUT2D eigenvalue weighted by atomic mass is 9.84. The van der Waals surface area contributed by atoms with Gasteiger partial charge < -0.3 is 10.0 Å². The summed E-state index contributed by atoms with van der Waals surface area (Å²) in [6.45, 7) is 9.13. The summed E-state index contributed by atoms with van der Waals surface area (Å²) in [5, 5.41) is 11.3. The van der Waals surface area contributed by atoms with E-state index in [1.807, 2.05) is 0 Å². The number of rotatable bonds is 4. The lowest BCUT2D eigenvalue weighted by Gasteiger charge is -2.27. The Hall–Kier alpha value is -1.85. The van der Waals surface area contributed by atoms with Gasteiger partial charge in [-0.1, -0.05) is 63.2 Å². The molecule has 2 aromatic rings. The van der Waals surface area contributed by atoms with Crippen LogP contribution >= 0.6 is 0 Å². The van der Waals surface area contributed by atoms with E-state index in [4.69, 9.17) is 0 Å². The van der Waals surface area contributed by atoms with Crippen molar-refractivity contribution < 1.29 is 18.3 Å². The number of nitrogens with zero attached hydrogens (tertiary/aromatic N) is 1. The summed E-state index contributed by atoms with van der Waals surface area (Å²) in [5.74, 6) is 0.877. The van der Waals surface area contributed by atoms with Gasteiger partial charge in [0.1, 0.15) is 0 Å². The Morgan fingerprint density at radius 2 is 1.55 bits per heavy atom. The average Bonchev–Trinajstić information content (AvgIpc) is 3.20. The number of hydrogen-bond donors (Lipinski definition) is 1. The highest BCUT2D eigenvalue weighted by atomic mass is 19.4. The molecule has 5 heteroatoms. The van der Waals surface area contributed by atoms with E-state index in [0.29, 0.717) is 18.3 Å². The summed E-state index contributed by atoms with van der Waals surface area (Å²) in [7, 11) is 0. The number of alkyl halides is 3. The van der Waals surface area contributed by atoms with Crippen molar-refractivity contribution in [2.24, 2.45) is 11.8 Å². The predicted octanol–water partition coefficient (Wildman–Crippen LogP) is 5.78. The number of hydrogen-bond acceptors (Lipinski definition) is 2. The maximum absolute atomic E-state index is 12.9. The normalized spacial score (nSPS) is 26.9. The molecule has 2 fully saturated rings. The second-order valence-electron chi connectivity index (χ2n) is 10.5. The molecule has 1 aliphatic heterocycles. The minimum absolute atomic E-state index is 0.0907. The molecule has 1 heterocycles. The smallest absolute Gasteiger partial charge is 0.385 e. The van der Waals surface area contributed by atoms with E-state index in [1.54, 1.807) is 6.07 Å². The molecule has 1 saturated heterocycles. The molecule has 2 nitrogen and oxygen atoms in total. The van der Waals surface area contributed by atoms with Crippen LogP contribution in [-0.4, -0.2) is 29.6 Å². The quantitative estimate of drug-likeness (QED) is 0.664. The summed E-state index contributed by atoms with van der Waals surface area (Å²) >= 11 is 0. The van der Waals surface area contributed by atoms with Crippen LogP contribution in [0, 0.1) is 11.8 Å². The first kappa shape index (κ1) is 22.3. The molecule has 31 heavy (non-hydrogen) atoms. The zero-order valence-corrected chi connectivity index (χ0v) is 18.5. The van der Waals surface area contributed by atoms with Gasteiger partial charge in [0.05, 0.1) is 11.2 Å². The van der Waals surface area contributed by atoms with Gasteiger partial charge in [0, 0.05) is 19.6 Å². The van der Waals surface area contributed by atoms with E-state index in [0.717, 1.165) is 49.7 Å². The van der Waals surface area contributed by atoms with Gasteiger partial charge in [0.25, 0.3) is 0 Å². The van der Waals surface area contributed by atoms with E-state index in [-0.39, 0.29) is 5.41 Å². The molecule has 1 saturated carbocycles. The van der Waals surface area contributed by atoms with Crippen molar-refractivity contribution in [3.63, 3.8) is 0 Å². The molecule has 0 spiro atoms. The molecule has 3 atom stereocenters. The van der Waals surface area contributed by atoms with Gasteiger partial charge in [-0.15, -0.1) is 0 Å². The molecule has 2 aromatic carbocycles. The lowest BCUT2D eigenvalue weighted by molar-refractivity contribution is -0.137.